The first-order valence-corrected chi connectivity index (χ1v) is 5.39. The molecule has 2 rings (SSSR count). The van der Waals surface area contributed by atoms with Crippen LogP contribution in [0.4, 0.5) is 0 Å². The van der Waals surface area contributed by atoms with Crippen LogP contribution in [0.1, 0.15) is 24.6 Å². The highest BCUT2D eigenvalue weighted by molar-refractivity contribution is 5.79. The Morgan fingerprint density at radius 1 is 1.50 bits per heavy atom. The predicted molar refractivity (Wildman–Crippen MR) is 60.0 cm³/mol. The van der Waals surface area contributed by atoms with Gasteiger partial charge in [0, 0.05) is 6.20 Å². The van der Waals surface area contributed by atoms with Gasteiger partial charge in [0.25, 0.3) is 0 Å². The van der Waals surface area contributed by atoms with Crippen molar-refractivity contribution < 1.29 is 9.90 Å². The van der Waals surface area contributed by atoms with E-state index in [2.05, 4.69) is 4.98 Å². The monoisotopic (exact) mass is 220 g/mol. The average molecular weight is 220 g/mol. The summed E-state index contributed by atoms with van der Waals surface area (Å²) in [6.07, 6.45) is 3.19. The minimum atomic E-state index is -0.711. The maximum absolute atomic E-state index is 11.3. The van der Waals surface area contributed by atoms with Gasteiger partial charge in [-0.25, -0.2) is 0 Å². The van der Waals surface area contributed by atoms with Crippen molar-refractivity contribution in [2.24, 2.45) is 5.41 Å². The molecule has 0 bridgehead atoms. The highest BCUT2D eigenvalue weighted by Gasteiger charge is 2.57. The summed E-state index contributed by atoms with van der Waals surface area (Å²) >= 11 is 0. The number of aliphatic carboxylic acids is 1. The Balaban J connectivity index is 2.36. The molecule has 1 saturated carbocycles. The largest absolute Gasteiger partial charge is 0.481 e. The summed E-state index contributed by atoms with van der Waals surface area (Å²) in [5.41, 5.74) is 0.213. The van der Waals surface area contributed by atoms with E-state index in [1.807, 2.05) is 37.2 Å². The number of hydrogen-bond acceptors (Lipinski definition) is 3. The number of hydrogen-bond donors (Lipinski definition) is 1. The second-order valence-corrected chi connectivity index (χ2v) is 4.58. The van der Waals surface area contributed by atoms with Gasteiger partial charge in [0.15, 0.2) is 0 Å². The Bertz CT molecular complexity index is 385. The minimum absolute atomic E-state index is 0.133. The van der Waals surface area contributed by atoms with Gasteiger partial charge in [-0.3, -0.25) is 14.7 Å². The van der Waals surface area contributed by atoms with Crippen molar-refractivity contribution in [2.75, 3.05) is 14.1 Å². The molecule has 0 amide bonds. The highest BCUT2D eigenvalue weighted by Crippen LogP contribution is 2.56. The molecule has 1 aromatic rings. The second-order valence-electron chi connectivity index (χ2n) is 4.58. The smallest absolute Gasteiger partial charge is 0.311 e. The Kier molecular flexibility index (Phi) is 2.68. The minimum Gasteiger partial charge on any atom is -0.481 e. The van der Waals surface area contributed by atoms with Gasteiger partial charge in [0.05, 0.1) is 17.2 Å². The number of aromatic nitrogens is 1. The van der Waals surface area contributed by atoms with Crippen LogP contribution < -0.4 is 0 Å². The van der Waals surface area contributed by atoms with Crippen molar-refractivity contribution in [1.82, 2.24) is 9.88 Å². The normalized spacial score (nSPS) is 19.4. The molecule has 1 heterocycles. The number of nitrogens with zero attached hydrogens (tertiary/aromatic N) is 2. The van der Waals surface area contributed by atoms with Gasteiger partial charge in [-0.05, 0) is 39.1 Å². The molecule has 4 heteroatoms. The Hall–Kier alpha value is -1.42. The second kappa shape index (κ2) is 3.87. The van der Waals surface area contributed by atoms with Crippen LogP contribution in [-0.2, 0) is 4.79 Å². The number of pyridine rings is 1. The fourth-order valence-electron chi connectivity index (χ4n) is 2.32. The Labute approximate surface area is 94.9 Å². The fourth-order valence-corrected chi connectivity index (χ4v) is 2.32. The van der Waals surface area contributed by atoms with Gasteiger partial charge in [-0.15, -0.1) is 0 Å². The molecule has 1 fully saturated rings. The first-order chi connectivity index (χ1) is 7.58. The summed E-state index contributed by atoms with van der Waals surface area (Å²) in [5, 5.41) is 9.33. The predicted octanol–water partition coefficient (Wildman–Crippen LogP) is 1.55. The molecule has 1 aliphatic rings. The summed E-state index contributed by atoms with van der Waals surface area (Å²) < 4.78 is 0. The van der Waals surface area contributed by atoms with E-state index >= 15 is 0 Å². The molecule has 1 aromatic heterocycles. The lowest BCUT2D eigenvalue weighted by Gasteiger charge is -2.29. The fraction of sp³-hybridized carbons (Fsp3) is 0.500. The Morgan fingerprint density at radius 3 is 2.56 bits per heavy atom. The number of rotatable bonds is 4. The van der Waals surface area contributed by atoms with E-state index in [1.165, 1.54) is 0 Å². The third-order valence-electron chi connectivity index (χ3n) is 3.22. The summed E-state index contributed by atoms with van der Waals surface area (Å²) in [6.45, 7) is 0. The van der Waals surface area contributed by atoms with Gasteiger partial charge in [-0.1, -0.05) is 6.07 Å². The van der Waals surface area contributed by atoms with Gasteiger partial charge >= 0.3 is 5.97 Å². The Morgan fingerprint density at radius 2 is 2.19 bits per heavy atom. The third kappa shape index (κ3) is 1.69. The van der Waals surface area contributed by atoms with Crippen molar-refractivity contribution in [3.05, 3.63) is 30.1 Å². The standard InChI is InChI=1S/C12H16N2O2/c1-14(2)10(9-5-3-4-8-13-9)12(6-7-12)11(15)16/h3-5,8,10H,6-7H2,1-2H3,(H,15,16). The van der Waals surface area contributed by atoms with E-state index in [0.29, 0.717) is 0 Å². The van der Waals surface area contributed by atoms with E-state index in [0.717, 1.165) is 18.5 Å². The quantitative estimate of drug-likeness (QED) is 0.836. The van der Waals surface area contributed by atoms with Gasteiger partial charge in [-0.2, -0.15) is 0 Å². The topological polar surface area (TPSA) is 53.4 Å². The molecule has 0 aromatic carbocycles. The summed E-state index contributed by atoms with van der Waals surface area (Å²) in [4.78, 5) is 17.6. The van der Waals surface area contributed by atoms with E-state index in [1.54, 1.807) is 6.20 Å². The van der Waals surface area contributed by atoms with Crippen LogP contribution in [0.15, 0.2) is 24.4 Å². The number of carboxylic acids is 1. The summed E-state index contributed by atoms with van der Waals surface area (Å²) in [6, 6.07) is 5.51. The molecule has 0 radical (unpaired) electrons. The van der Waals surface area contributed by atoms with Gasteiger partial charge < -0.3 is 5.11 Å². The summed E-state index contributed by atoms with van der Waals surface area (Å²) in [7, 11) is 3.81. The zero-order valence-electron chi connectivity index (χ0n) is 9.55. The first kappa shape index (κ1) is 11.1. The lowest BCUT2D eigenvalue weighted by molar-refractivity contribution is -0.146. The molecule has 1 unspecified atom stereocenters. The van der Waals surface area contributed by atoms with Gasteiger partial charge in [0.2, 0.25) is 0 Å². The SMILES string of the molecule is CN(C)C(c1ccccn1)C1(C(=O)O)CC1. The van der Waals surface area contributed by atoms with Crippen LogP contribution in [-0.4, -0.2) is 35.1 Å². The molecule has 1 atom stereocenters. The van der Waals surface area contributed by atoms with Crippen molar-refractivity contribution in [3.63, 3.8) is 0 Å². The molecule has 0 saturated heterocycles. The van der Waals surface area contributed by atoms with Crippen molar-refractivity contribution in [1.29, 1.82) is 0 Å². The molecule has 86 valence electrons. The molecule has 16 heavy (non-hydrogen) atoms. The summed E-state index contributed by atoms with van der Waals surface area (Å²) in [5.74, 6) is -0.711. The van der Waals surface area contributed by atoms with E-state index in [4.69, 9.17) is 0 Å². The third-order valence-corrected chi connectivity index (χ3v) is 3.22. The number of carbonyl (C=O) groups is 1. The van der Waals surface area contributed by atoms with E-state index in [-0.39, 0.29) is 6.04 Å². The molecule has 1 aliphatic carbocycles. The van der Waals surface area contributed by atoms with Crippen molar-refractivity contribution in [2.45, 2.75) is 18.9 Å². The molecular weight excluding hydrogens is 204 g/mol. The first-order valence-electron chi connectivity index (χ1n) is 5.39. The van der Waals surface area contributed by atoms with Crippen LogP contribution in [0.2, 0.25) is 0 Å². The molecule has 1 N–H and O–H groups in total. The van der Waals surface area contributed by atoms with Crippen molar-refractivity contribution in [3.8, 4) is 0 Å². The van der Waals surface area contributed by atoms with Crippen molar-refractivity contribution >= 4 is 5.97 Å². The maximum atomic E-state index is 11.3. The lowest BCUT2D eigenvalue weighted by atomic mass is 9.92. The van der Waals surface area contributed by atoms with Crippen LogP contribution in [0.3, 0.4) is 0 Å². The lowest BCUT2D eigenvalue weighted by Crippen LogP contribution is -2.34. The molecule has 4 nitrogen and oxygen atoms in total. The molecule has 0 spiro atoms. The van der Waals surface area contributed by atoms with Crippen LogP contribution in [0, 0.1) is 5.41 Å². The van der Waals surface area contributed by atoms with E-state index < -0.39 is 11.4 Å². The number of carboxylic acid groups (broad SMARTS) is 1. The zero-order valence-corrected chi connectivity index (χ0v) is 9.55. The highest BCUT2D eigenvalue weighted by atomic mass is 16.4. The molecular formula is C12H16N2O2. The van der Waals surface area contributed by atoms with E-state index in [9.17, 15) is 9.90 Å². The van der Waals surface area contributed by atoms with Gasteiger partial charge in [0.1, 0.15) is 0 Å². The maximum Gasteiger partial charge on any atom is 0.311 e. The van der Waals surface area contributed by atoms with Crippen LogP contribution in [0.5, 0.6) is 0 Å². The van der Waals surface area contributed by atoms with Crippen LogP contribution >= 0.6 is 0 Å². The van der Waals surface area contributed by atoms with Crippen LogP contribution in [0.25, 0.3) is 0 Å². The molecule has 0 aliphatic heterocycles. The average Bonchev–Trinajstić information content (AvgIpc) is 3.00. The zero-order chi connectivity index (χ0) is 11.8.